The van der Waals surface area contributed by atoms with Crippen LogP contribution >= 0.6 is 11.8 Å². The highest BCUT2D eigenvalue weighted by molar-refractivity contribution is 7.99. The van der Waals surface area contributed by atoms with Gasteiger partial charge in [0, 0.05) is 33.3 Å². The Balaban J connectivity index is 1.59. The predicted octanol–water partition coefficient (Wildman–Crippen LogP) is 6.58. The highest BCUT2D eigenvalue weighted by Gasteiger charge is 2.05. The molecule has 0 spiro atoms. The van der Waals surface area contributed by atoms with Gasteiger partial charge < -0.3 is 0 Å². The average molecular weight is 369 g/mol. The fraction of sp³-hybridized carbons (Fsp3) is 0.0833. The van der Waals surface area contributed by atoms with Gasteiger partial charge in [0.05, 0.1) is 11.4 Å². The summed E-state index contributed by atoms with van der Waals surface area (Å²) in [4.78, 5) is 11.4. The molecule has 4 rings (SSSR count). The molecule has 3 heteroatoms. The van der Waals surface area contributed by atoms with Gasteiger partial charge in [0.2, 0.25) is 0 Å². The Morgan fingerprint density at radius 1 is 0.556 bits per heavy atom. The van der Waals surface area contributed by atoms with Gasteiger partial charge in [-0.3, -0.25) is 9.97 Å². The standard InChI is InChI=1S/C24H20N2S/c1-17-3-7-19(8-4-17)23-15-21(11-13-25-23)27-22-12-14-26-24(16-22)20-9-5-18(2)6-10-20/h3-16H,1-2H3. The predicted molar refractivity (Wildman–Crippen MR) is 113 cm³/mol. The Morgan fingerprint density at radius 3 is 1.37 bits per heavy atom. The van der Waals surface area contributed by atoms with Gasteiger partial charge in [0.15, 0.2) is 0 Å². The lowest BCUT2D eigenvalue weighted by Crippen LogP contribution is -1.86. The topological polar surface area (TPSA) is 25.8 Å². The summed E-state index contributed by atoms with van der Waals surface area (Å²) in [6.45, 7) is 4.19. The van der Waals surface area contributed by atoms with Crippen LogP contribution in [0.4, 0.5) is 0 Å². The summed E-state index contributed by atoms with van der Waals surface area (Å²) in [5.74, 6) is 0. The summed E-state index contributed by atoms with van der Waals surface area (Å²) in [6.07, 6.45) is 3.75. The third kappa shape index (κ3) is 4.26. The van der Waals surface area contributed by atoms with Crippen molar-refractivity contribution in [2.75, 3.05) is 0 Å². The molecule has 0 aliphatic carbocycles. The number of aromatic nitrogens is 2. The molecule has 0 unspecified atom stereocenters. The zero-order chi connectivity index (χ0) is 18.6. The summed E-state index contributed by atoms with van der Waals surface area (Å²) in [5, 5.41) is 0. The summed E-state index contributed by atoms with van der Waals surface area (Å²) in [5.41, 5.74) is 6.77. The van der Waals surface area contributed by atoms with Gasteiger partial charge in [-0.25, -0.2) is 0 Å². The normalized spacial score (nSPS) is 10.7. The minimum atomic E-state index is 0.993. The molecule has 0 saturated carbocycles. The first-order valence-corrected chi connectivity index (χ1v) is 9.73. The molecule has 0 aliphatic heterocycles. The first-order chi connectivity index (χ1) is 13.2. The summed E-state index contributed by atoms with van der Waals surface area (Å²) < 4.78 is 0. The van der Waals surface area contributed by atoms with Crippen LogP contribution in [0.25, 0.3) is 22.5 Å². The van der Waals surface area contributed by atoms with E-state index < -0.39 is 0 Å². The van der Waals surface area contributed by atoms with Crippen LogP contribution in [0.2, 0.25) is 0 Å². The van der Waals surface area contributed by atoms with Crippen molar-refractivity contribution >= 4 is 11.8 Å². The fourth-order valence-corrected chi connectivity index (χ4v) is 3.72. The van der Waals surface area contributed by atoms with Crippen molar-refractivity contribution in [3.63, 3.8) is 0 Å². The SMILES string of the molecule is Cc1ccc(-c2cc(Sc3ccnc(-c4ccc(C)cc4)c3)ccn2)cc1. The second kappa shape index (κ2) is 7.77. The molecule has 2 nitrogen and oxygen atoms in total. The van der Waals surface area contributed by atoms with Gasteiger partial charge in [-0.1, -0.05) is 71.4 Å². The maximum absolute atomic E-state index is 4.53. The zero-order valence-electron chi connectivity index (χ0n) is 15.4. The van der Waals surface area contributed by atoms with Gasteiger partial charge >= 0.3 is 0 Å². The quantitative estimate of drug-likeness (QED) is 0.407. The highest BCUT2D eigenvalue weighted by Crippen LogP contribution is 2.31. The fourth-order valence-electron chi connectivity index (χ4n) is 2.85. The van der Waals surface area contributed by atoms with Crippen molar-refractivity contribution in [1.82, 2.24) is 9.97 Å². The lowest BCUT2D eigenvalue weighted by molar-refractivity contribution is 1.24. The van der Waals surface area contributed by atoms with E-state index in [1.165, 1.54) is 20.9 Å². The van der Waals surface area contributed by atoms with E-state index in [4.69, 9.17) is 0 Å². The van der Waals surface area contributed by atoms with Crippen LogP contribution in [0.3, 0.4) is 0 Å². The molecular formula is C24H20N2S. The molecule has 0 radical (unpaired) electrons. The minimum Gasteiger partial charge on any atom is -0.256 e. The Kier molecular flexibility index (Phi) is 5.03. The molecule has 27 heavy (non-hydrogen) atoms. The first kappa shape index (κ1) is 17.5. The van der Waals surface area contributed by atoms with Crippen LogP contribution in [0.1, 0.15) is 11.1 Å². The highest BCUT2D eigenvalue weighted by atomic mass is 32.2. The van der Waals surface area contributed by atoms with Crippen molar-refractivity contribution in [3.8, 4) is 22.5 Å². The van der Waals surface area contributed by atoms with Crippen molar-refractivity contribution in [2.45, 2.75) is 23.6 Å². The molecule has 0 aliphatic rings. The lowest BCUT2D eigenvalue weighted by Gasteiger charge is -2.07. The van der Waals surface area contributed by atoms with Crippen molar-refractivity contribution in [2.24, 2.45) is 0 Å². The monoisotopic (exact) mass is 368 g/mol. The number of pyridine rings is 2. The first-order valence-electron chi connectivity index (χ1n) is 8.91. The molecular weight excluding hydrogens is 348 g/mol. The molecule has 0 amide bonds. The van der Waals surface area contributed by atoms with Crippen LogP contribution in [0, 0.1) is 13.8 Å². The molecule has 0 N–H and O–H groups in total. The van der Waals surface area contributed by atoms with Crippen molar-refractivity contribution in [1.29, 1.82) is 0 Å². The molecule has 2 aromatic carbocycles. The van der Waals surface area contributed by atoms with E-state index in [0.29, 0.717) is 0 Å². The smallest absolute Gasteiger partial charge is 0.0713 e. The number of hydrogen-bond acceptors (Lipinski definition) is 3. The maximum atomic E-state index is 4.53. The second-order valence-electron chi connectivity index (χ2n) is 6.59. The lowest BCUT2D eigenvalue weighted by atomic mass is 10.1. The van der Waals surface area contributed by atoms with E-state index in [1.54, 1.807) is 11.8 Å². The van der Waals surface area contributed by atoms with Gasteiger partial charge in [-0.15, -0.1) is 0 Å². The molecule has 0 fully saturated rings. The Bertz CT molecular complexity index is 967. The molecule has 0 bridgehead atoms. The number of nitrogens with zero attached hydrogens (tertiary/aromatic N) is 2. The molecule has 0 saturated heterocycles. The van der Waals surface area contributed by atoms with E-state index in [-0.39, 0.29) is 0 Å². The van der Waals surface area contributed by atoms with E-state index in [0.717, 1.165) is 22.5 Å². The van der Waals surface area contributed by atoms with Crippen LogP contribution in [-0.4, -0.2) is 9.97 Å². The number of benzene rings is 2. The van der Waals surface area contributed by atoms with Crippen LogP contribution < -0.4 is 0 Å². The summed E-state index contributed by atoms with van der Waals surface area (Å²) >= 11 is 1.73. The van der Waals surface area contributed by atoms with Gasteiger partial charge in [-0.05, 0) is 38.1 Å². The average Bonchev–Trinajstić information content (AvgIpc) is 2.69. The van der Waals surface area contributed by atoms with Crippen LogP contribution in [0.15, 0.2) is 95.0 Å². The Hall–Kier alpha value is -2.91. The zero-order valence-corrected chi connectivity index (χ0v) is 16.2. The third-order valence-electron chi connectivity index (χ3n) is 4.39. The van der Waals surface area contributed by atoms with Crippen LogP contribution in [0.5, 0.6) is 0 Å². The van der Waals surface area contributed by atoms with E-state index in [9.17, 15) is 0 Å². The Labute approximate surface area is 164 Å². The molecule has 4 aromatic rings. The number of rotatable bonds is 4. The van der Waals surface area contributed by atoms with Gasteiger partial charge in [0.25, 0.3) is 0 Å². The third-order valence-corrected chi connectivity index (χ3v) is 5.37. The molecule has 2 heterocycles. The minimum absolute atomic E-state index is 0.993. The Morgan fingerprint density at radius 2 is 0.963 bits per heavy atom. The largest absolute Gasteiger partial charge is 0.256 e. The van der Waals surface area contributed by atoms with Crippen molar-refractivity contribution < 1.29 is 0 Å². The van der Waals surface area contributed by atoms with E-state index in [1.807, 2.05) is 24.5 Å². The second-order valence-corrected chi connectivity index (χ2v) is 7.73. The number of hydrogen-bond donors (Lipinski definition) is 0. The summed E-state index contributed by atoms with van der Waals surface area (Å²) in [6, 6.07) is 25.3. The van der Waals surface area contributed by atoms with Gasteiger partial charge in [-0.2, -0.15) is 0 Å². The molecule has 132 valence electrons. The summed E-state index contributed by atoms with van der Waals surface area (Å²) in [7, 11) is 0. The van der Waals surface area contributed by atoms with E-state index in [2.05, 4.69) is 84.5 Å². The molecule has 2 aromatic heterocycles. The van der Waals surface area contributed by atoms with Crippen LogP contribution in [-0.2, 0) is 0 Å². The number of aryl methyl sites for hydroxylation is 2. The van der Waals surface area contributed by atoms with E-state index >= 15 is 0 Å². The molecule has 0 atom stereocenters. The maximum Gasteiger partial charge on any atom is 0.0713 e. The van der Waals surface area contributed by atoms with Gasteiger partial charge in [0.1, 0.15) is 0 Å². The van der Waals surface area contributed by atoms with Crippen molar-refractivity contribution in [3.05, 3.63) is 96.3 Å².